The summed E-state index contributed by atoms with van der Waals surface area (Å²) in [5.41, 5.74) is 1.70. The molecule has 0 spiro atoms. The third kappa shape index (κ3) is 3.60. The van der Waals surface area contributed by atoms with Gasteiger partial charge in [0, 0.05) is 17.1 Å². The number of anilines is 1. The third-order valence-electron chi connectivity index (χ3n) is 5.59. The Labute approximate surface area is 180 Å². The molecule has 31 heavy (non-hydrogen) atoms. The molecule has 2 heterocycles. The number of carbonyl (C=O) groups excluding carboxylic acids is 2. The van der Waals surface area contributed by atoms with E-state index in [1.807, 2.05) is 45.0 Å². The first-order valence-corrected chi connectivity index (χ1v) is 10.4. The van der Waals surface area contributed by atoms with Crippen molar-refractivity contribution in [3.63, 3.8) is 0 Å². The minimum Gasteiger partial charge on any atom is -0.448 e. The molecule has 2 atom stereocenters. The minimum atomic E-state index is -0.999. The van der Waals surface area contributed by atoms with Crippen LogP contribution in [0.25, 0.3) is 10.8 Å². The van der Waals surface area contributed by atoms with Gasteiger partial charge < -0.3 is 9.64 Å². The van der Waals surface area contributed by atoms with Crippen molar-refractivity contribution in [2.45, 2.75) is 52.3 Å². The highest BCUT2D eigenvalue weighted by molar-refractivity contribution is 6.04. The Kier molecular flexibility index (Phi) is 5.35. The number of para-hydroxylation sites is 1. The summed E-state index contributed by atoms with van der Waals surface area (Å²) in [6.07, 6.45) is -0.241. The zero-order valence-corrected chi connectivity index (χ0v) is 18.0. The fourth-order valence-electron chi connectivity index (χ4n) is 4.07. The van der Waals surface area contributed by atoms with Gasteiger partial charge in [0.15, 0.2) is 11.8 Å². The van der Waals surface area contributed by atoms with Crippen LogP contribution < -0.4 is 10.5 Å². The summed E-state index contributed by atoms with van der Waals surface area (Å²) in [4.78, 5) is 40.6. The number of aromatic nitrogens is 2. The molecule has 0 N–H and O–H groups in total. The molecular weight excluding hydrogens is 394 g/mol. The van der Waals surface area contributed by atoms with Crippen molar-refractivity contribution in [2.24, 2.45) is 0 Å². The molecule has 1 aliphatic heterocycles. The smallest absolute Gasteiger partial charge is 0.360 e. The number of hydrogen-bond acceptors (Lipinski definition) is 5. The lowest BCUT2D eigenvalue weighted by Crippen LogP contribution is -2.43. The Morgan fingerprint density at radius 2 is 1.68 bits per heavy atom. The van der Waals surface area contributed by atoms with Crippen LogP contribution in [0.3, 0.4) is 0 Å². The maximum Gasteiger partial charge on any atom is 0.360 e. The number of carbonyl (C=O) groups is 2. The quantitative estimate of drug-likeness (QED) is 0.605. The minimum absolute atomic E-state index is 0.0205. The molecule has 7 heteroatoms. The molecule has 160 valence electrons. The van der Waals surface area contributed by atoms with Crippen LogP contribution in [-0.4, -0.2) is 33.8 Å². The van der Waals surface area contributed by atoms with E-state index >= 15 is 0 Å². The molecule has 0 saturated heterocycles. The molecule has 1 aliphatic rings. The van der Waals surface area contributed by atoms with Gasteiger partial charge in [-0.15, -0.1) is 0 Å². The number of fused-ring (bicyclic) bond motifs is 2. The second-order valence-electron chi connectivity index (χ2n) is 8.18. The molecule has 1 aromatic heterocycles. The van der Waals surface area contributed by atoms with Crippen LogP contribution in [0.5, 0.6) is 0 Å². The van der Waals surface area contributed by atoms with E-state index in [-0.39, 0.29) is 29.2 Å². The summed E-state index contributed by atoms with van der Waals surface area (Å²) >= 11 is 0. The fraction of sp³-hybridized carbons (Fsp3) is 0.333. The first-order valence-electron chi connectivity index (χ1n) is 10.4. The zero-order valence-electron chi connectivity index (χ0n) is 18.0. The molecular formula is C24H25N3O4. The summed E-state index contributed by atoms with van der Waals surface area (Å²) in [5, 5.41) is 5.06. The van der Waals surface area contributed by atoms with Crippen LogP contribution in [0.2, 0.25) is 0 Å². The van der Waals surface area contributed by atoms with Crippen LogP contribution in [0, 0.1) is 0 Å². The highest BCUT2D eigenvalue weighted by atomic mass is 16.5. The summed E-state index contributed by atoms with van der Waals surface area (Å²) in [6, 6.07) is 14.3. The van der Waals surface area contributed by atoms with Gasteiger partial charge in [0.25, 0.3) is 11.5 Å². The average Bonchev–Trinajstić information content (AvgIpc) is 3.08. The molecule has 0 aliphatic carbocycles. The monoisotopic (exact) mass is 419 g/mol. The van der Waals surface area contributed by atoms with Crippen molar-refractivity contribution in [1.82, 2.24) is 9.78 Å². The average molecular weight is 419 g/mol. The molecule has 0 unspecified atom stereocenters. The molecule has 7 nitrogen and oxygen atoms in total. The molecule has 0 fully saturated rings. The van der Waals surface area contributed by atoms with Crippen molar-refractivity contribution in [1.29, 1.82) is 0 Å². The van der Waals surface area contributed by atoms with Crippen LogP contribution >= 0.6 is 0 Å². The molecule has 3 aromatic rings. The molecule has 4 rings (SSSR count). The van der Waals surface area contributed by atoms with E-state index in [2.05, 4.69) is 5.10 Å². The topological polar surface area (TPSA) is 81.5 Å². The summed E-state index contributed by atoms with van der Waals surface area (Å²) in [7, 11) is 0. The second-order valence-corrected chi connectivity index (χ2v) is 8.18. The Morgan fingerprint density at radius 1 is 1.03 bits per heavy atom. The van der Waals surface area contributed by atoms with E-state index in [1.165, 1.54) is 4.68 Å². The Bertz CT molecular complexity index is 1230. The predicted octanol–water partition coefficient (Wildman–Crippen LogP) is 3.50. The number of rotatable bonds is 4. The lowest BCUT2D eigenvalue weighted by Gasteiger charge is -2.26. The maximum atomic E-state index is 13.2. The number of nitrogens with zero attached hydrogens (tertiary/aromatic N) is 3. The normalized spacial score (nSPS) is 16.4. The molecule has 0 bridgehead atoms. The lowest BCUT2D eigenvalue weighted by atomic mass is 10.1. The van der Waals surface area contributed by atoms with E-state index in [9.17, 15) is 14.4 Å². The van der Waals surface area contributed by atoms with E-state index in [1.54, 1.807) is 36.1 Å². The van der Waals surface area contributed by atoms with Crippen LogP contribution in [-0.2, 0) is 16.0 Å². The number of ether oxygens (including phenoxy) is 1. The van der Waals surface area contributed by atoms with Crippen molar-refractivity contribution in [2.75, 3.05) is 4.90 Å². The summed E-state index contributed by atoms with van der Waals surface area (Å²) in [5.74, 6) is -1.01. The fourth-order valence-corrected chi connectivity index (χ4v) is 4.07. The zero-order chi connectivity index (χ0) is 22.3. The molecule has 0 radical (unpaired) electrons. The Hall–Kier alpha value is -3.48. The highest BCUT2D eigenvalue weighted by Crippen LogP contribution is 2.32. The number of amides is 1. The van der Waals surface area contributed by atoms with Crippen molar-refractivity contribution >= 4 is 28.3 Å². The number of esters is 1. The van der Waals surface area contributed by atoms with Crippen LogP contribution in [0.4, 0.5) is 5.69 Å². The lowest BCUT2D eigenvalue weighted by molar-refractivity contribution is -0.126. The van der Waals surface area contributed by atoms with Crippen molar-refractivity contribution < 1.29 is 14.3 Å². The molecule has 1 amide bonds. The van der Waals surface area contributed by atoms with Gasteiger partial charge in [0.05, 0.1) is 11.4 Å². The van der Waals surface area contributed by atoms with E-state index in [0.29, 0.717) is 10.8 Å². The largest absolute Gasteiger partial charge is 0.448 e. The third-order valence-corrected chi connectivity index (χ3v) is 5.59. The maximum absolute atomic E-state index is 13.2. The van der Waals surface area contributed by atoms with Gasteiger partial charge in [0.2, 0.25) is 0 Å². The Morgan fingerprint density at radius 3 is 2.39 bits per heavy atom. The van der Waals surface area contributed by atoms with Crippen LogP contribution in [0.15, 0.2) is 53.3 Å². The first-order chi connectivity index (χ1) is 14.8. The Balaban J connectivity index is 1.64. The highest BCUT2D eigenvalue weighted by Gasteiger charge is 2.35. The van der Waals surface area contributed by atoms with Crippen molar-refractivity contribution in [3.8, 4) is 0 Å². The predicted molar refractivity (Wildman–Crippen MR) is 118 cm³/mol. The van der Waals surface area contributed by atoms with Gasteiger partial charge in [-0.3, -0.25) is 9.59 Å². The SMILES string of the molecule is CC(C)n1nc(C(=O)O[C@H](C)C(=O)N2c3ccccc3C[C@@H]2C)c2ccccc2c1=O. The van der Waals surface area contributed by atoms with E-state index < -0.39 is 12.1 Å². The first kappa shape index (κ1) is 20.8. The van der Waals surface area contributed by atoms with Gasteiger partial charge >= 0.3 is 5.97 Å². The van der Waals surface area contributed by atoms with Gasteiger partial charge in [-0.1, -0.05) is 36.4 Å². The molecule has 0 saturated carbocycles. The van der Waals surface area contributed by atoms with E-state index in [0.717, 1.165) is 17.7 Å². The van der Waals surface area contributed by atoms with Crippen molar-refractivity contribution in [3.05, 3.63) is 70.1 Å². The van der Waals surface area contributed by atoms with Gasteiger partial charge in [0.1, 0.15) is 0 Å². The van der Waals surface area contributed by atoms with Crippen LogP contribution in [0.1, 0.15) is 49.8 Å². The summed E-state index contributed by atoms with van der Waals surface area (Å²) < 4.78 is 6.82. The standard InChI is InChI=1S/C24H25N3O4/c1-14(2)27-23(29)19-11-7-6-10-18(19)21(25-27)24(30)31-16(4)22(28)26-15(3)13-17-9-5-8-12-20(17)26/h5-12,14-16H,13H2,1-4H3/t15-,16+/m0/s1. The van der Waals surface area contributed by atoms with Gasteiger partial charge in [-0.05, 0) is 51.8 Å². The van der Waals surface area contributed by atoms with Gasteiger partial charge in [-0.25, -0.2) is 9.48 Å². The van der Waals surface area contributed by atoms with Gasteiger partial charge in [-0.2, -0.15) is 5.10 Å². The van der Waals surface area contributed by atoms with E-state index in [4.69, 9.17) is 4.74 Å². The second kappa shape index (κ2) is 7.98. The summed E-state index contributed by atoms with van der Waals surface area (Å²) in [6.45, 7) is 7.17. The number of hydrogen-bond donors (Lipinski definition) is 0. The number of benzene rings is 2. The molecule has 2 aromatic carbocycles.